The van der Waals surface area contributed by atoms with Crippen LogP contribution in [-0.4, -0.2) is 23.3 Å². The monoisotopic (exact) mass is 423 g/mol. The normalized spacial score (nSPS) is 11.4. The van der Waals surface area contributed by atoms with E-state index in [0.29, 0.717) is 19.0 Å². The van der Waals surface area contributed by atoms with Gasteiger partial charge in [0.2, 0.25) is 5.88 Å². The molecule has 0 aliphatic carbocycles. The van der Waals surface area contributed by atoms with Gasteiger partial charge in [0.15, 0.2) is 5.75 Å². The maximum atomic E-state index is 12.4. The standard InChI is InChI=1S/C18H18Cl2F3NO3/c19-14-9-13(25)10-15(20)17(14)27-8-4-2-1-3-7-26-16-6-5-12(11-24-16)18(21,22)23/h5-6,9-11,25H,1-4,7-8H2. The highest BCUT2D eigenvalue weighted by molar-refractivity contribution is 6.37. The van der Waals surface area contributed by atoms with Crippen LogP contribution >= 0.6 is 23.2 Å². The van der Waals surface area contributed by atoms with Crippen LogP contribution in [0.5, 0.6) is 17.4 Å². The van der Waals surface area contributed by atoms with Crippen molar-refractivity contribution in [2.75, 3.05) is 13.2 Å². The Kier molecular flexibility index (Phi) is 7.86. The molecule has 0 radical (unpaired) electrons. The van der Waals surface area contributed by atoms with Gasteiger partial charge in [0, 0.05) is 24.4 Å². The third-order valence-corrected chi connectivity index (χ3v) is 4.14. The van der Waals surface area contributed by atoms with E-state index in [9.17, 15) is 18.3 Å². The van der Waals surface area contributed by atoms with E-state index in [1.54, 1.807) is 0 Å². The summed E-state index contributed by atoms with van der Waals surface area (Å²) in [5.41, 5.74) is -0.802. The van der Waals surface area contributed by atoms with Gasteiger partial charge in [-0.15, -0.1) is 0 Å². The minimum atomic E-state index is -4.40. The van der Waals surface area contributed by atoms with Gasteiger partial charge in [-0.05, 0) is 31.7 Å². The zero-order valence-corrected chi connectivity index (χ0v) is 15.7. The van der Waals surface area contributed by atoms with E-state index in [4.69, 9.17) is 32.7 Å². The molecule has 1 aromatic carbocycles. The largest absolute Gasteiger partial charge is 0.508 e. The molecule has 4 nitrogen and oxygen atoms in total. The van der Waals surface area contributed by atoms with Crippen LogP contribution in [0.2, 0.25) is 10.0 Å². The predicted molar refractivity (Wildman–Crippen MR) is 96.8 cm³/mol. The Balaban J connectivity index is 1.59. The number of hydrogen-bond donors (Lipinski definition) is 1. The smallest absolute Gasteiger partial charge is 0.417 e. The number of alkyl halides is 3. The zero-order chi connectivity index (χ0) is 19.9. The summed E-state index contributed by atoms with van der Waals surface area (Å²) in [5.74, 6) is 0.482. The molecule has 0 aliphatic rings. The number of halogens is 5. The van der Waals surface area contributed by atoms with E-state index in [1.807, 2.05) is 0 Å². The maximum Gasteiger partial charge on any atom is 0.417 e. The number of aromatic hydroxyl groups is 1. The Morgan fingerprint density at radius 3 is 2.04 bits per heavy atom. The Morgan fingerprint density at radius 2 is 1.52 bits per heavy atom. The van der Waals surface area contributed by atoms with Crippen molar-refractivity contribution in [2.24, 2.45) is 0 Å². The highest BCUT2D eigenvalue weighted by atomic mass is 35.5. The summed E-state index contributed by atoms with van der Waals surface area (Å²) in [6.45, 7) is 0.792. The number of hydrogen-bond acceptors (Lipinski definition) is 4. The van der Waals surface area contributed by atoms with Crippen LogP contribution < -0.4 is 9.47 Å². The molecule has 1 N–H and O–H groups in total. The van der Waals surface area contributed by atoms with Crippen LogP contribution in [0.4, 0.5) is 13.2 Å². The topological polar surface area (TPSA) is 51.6 Å². The lowest BCUT2D eigenvalue weighted by Crippen LogP contribution is -2.06. The summed E-state index contributed by atoms with van der Waals surface area (Å²) in [6.07, 6.45) is -0.401. The molecule has 0 aliphatic heterocycles. The van der Waals surface area contributed by atoms with Gasteiger partial charge < -0.3 is 14.6 Å². The molecule has 0 saturated heterocycles. The van der Waals surface area contributed by atoms with Crippen molar-refractivity contribution in [2.45, 2.75) is 31.9 Å². The third kappa shape index (κ3) is 6.99. The minimum absolute atomic E-state index is 0.0279. The second-order valence-corrected chi connectivity index (χ2v) is 6.55. The number of phenolic OH excluding ortho intramolecular Hbond substituents is 1. The van der Waals surface area contributed by atoms with Crippen molar-refractivity contribution >= 4 is 23.2 Å². The molecular weight excluding hydrogens is 406 g/mol. The van der Waals surface area contributed by atoms with Crippen molar-refractivity contribution in [3.63, 3.8) is 0 Å². The van der Waals surface area contributed by atoms with E-state index >= 15 is 0 Å². The SMILES string of the molecule is Oc1cc(Cl)c(OCCCCCCOc2ccc(C(F)(F)F)cn2)c(Cl)c1. The molecule has 27 heavy (non-hydrogen) atoms. The van der Waals surface area contributed by atoms with Crippen LogP contribution in [0.15, 0.2) is 30.5 Å². The van der Waals surface area contributed by atoms with Gasteiger partial charge in [-0.25, -0.2) is 4.98 Å². The Labute approximate surface area is 164 Å². The molecule has 0 atom stereocenters. The Bertz CT molecular complexity index is 717. The summed E-state index contributed by atoms with van der Waals surface area (Å²) in [7, 11) is 0. The van der Waals surface area contributed by atoms with Gasteiger partial charge in [-0.3, -0.25) is 0 Å². The van der Waals surface area contributed by atoms with Crippen molar-refractivity contribution < 1.29 is 27.8 Å². The first-order chi connectivity index (χ1) is 12.8. The fraction of sp³-hybridized carbons (Fsp3) is 0.389. The molecule has 1 heterocycles. The van der Waals surface area contributed by atoms with Gasteiger partial charge in [0.05, 0.1) is 28.8 Å². The predicted octanol–water partition coefficient (Wildman–Crippen LogP) is 6.13. The summed E-state index contributed by atoms with van der Waals surface area (Å²) in [5, 5.41) is 9.85. The first kappa shape index (κ1) is 21.4. The van der Waals surface area contributed by atoms with E-state index in [-0.39, 0.29) is 21.7 Å². The zero-order valence-electron chi connectivity index (χ0n) is 14.2. The van der Waals surface area contributed by atoms with Crippen molar-refractivity contribution in [3.8, 4) is 17.4 Å². The number of aromatic nitrogens is 1. The first-order valence-corrected chi connectivity index (χ1v) is 9.00. The number of pyridine rings is 1. The van der Waals surface area contributed by atoms with Crippen LogP contribution in [0.1, 0.15) is 31.2 Å². The Morgan fingerprint density at radius 1 is 0.926 bits per heavy atom. The fourth-order valence-corrected chi connectivity index (χ4v) is 2.81. The quantitative estimate of drug-likeness (QED) is 0.492. The van der Waals surface area contributed by atoms with Crippen molar-refractivity contribution in [1.82, 2.24) is 4.98 Å². The molecule has 2 rings (SSSR count). The van der Waals surface area contributed by atoms with E-state index in [1.165, 1.54) is 18.2 Å². The molecular formula is C18H18Cl2F3NO3. The highest BCUT2D eigenvalue weighted by Gasteiger charge is 2.30. The third-order valence-electron chi connectivity index (χ3n) is 3.58. The van der Waals surface area contributed by atoms with Crippen LogP contribution in [-0.2, 0) is 6.18 Å². The van der Waals surface area contributed by atoms with Crippen molar-refractivity contribution in [1.29, 1.82) is 0 Å². The summed E-state index contributed by atoms with van der Waals surface area (Å²) in [4.78, 5) is 3.64. The number of phenols is 1. The molecule has 9 heteroatoms. The van der Waals surface area contributed by atoms with Crippen LogP contribution in [0, 0.1) is 0 Å². The van der Waals surface area contributed by atoms with Gasteiger partial charge in [0.1, 0.15) is 5.75 Å². The van der Waals surface area contributed by atoms with E-state index in [0.717, 1.165) is 37.9 Å². The van der Waals surface area contributed by atoms with E-state index < -0.39 is 11.7 Å². The molecule has 148 valence electrons. The van der Waals surface area contributed by atoms with Crippen molar-refractivity contribution in [3.05, 3.63) is 46.1 Å². The number of nitrogens with zero attached hydrogens (tertiary/aromatic N) is 1. The molecule has 0 bridgehead atoms. The number of rotatable bonds is 9. The fourth-order valence-electron chi connectivity index (χ4n) is 2.23. The maximum absolute atomic E-state index is 12.4. The van der Waals surface area contributed by atoms with Gasteiger partial charge >= 0.3 is 6.18 Å². The lowest BCUT2D eigenvalue weighted by molar-refractivity contribution is -0.137. The van der Waals surface area contributed by atoms with E-state index in [2.05, 4.69) is 4.98 Å². The molecule has 0 amide bonds. The minimum Gasteiger partial charge on any atom is -0.508 e. The number of unbranched alkanes of at least 4 members (excludes halogenated alkanes) is 3. The van der Waals surface area contributed by atoms with Gasteiger partial charge in [-0.1, -0.05) is 23.2 Å². The highest BCUT2D eigenvalue weighted by Crippen LogP contribution is 2.36. The second-order valence-electron chi connectivity index (χ2n) is 5.73. The van der Waals surface area contributed by atoms with Crippen LogP contribution in [0.25, 0.3) is 0 Å². The summed E-state index contributed by atoms with van der Waals surface area (Å²) in [6, 6.07) is 4.87. The van der Waals surface area contributed by atoms with Gasteiger partial charge in [0.25, 0.3) is 0 Å². The number of benzene rings is 1. The van der Waals surface area contributed by atoms with Gasteiger partial charge in [-0.2, -0.15) is 13.2 Å². The molecule has 0 unspecified atom stereocenters. The molecule has 0 spiro atoms. The summed E-state index contributed by atoms with van der Waals surface area (Å²) >= 11 is 11.9. The first-order valence-electron chi connectivity index (χ1n) is 8.24. The second kappa shape index (κ2) is 9.90. The lowest BCUT2D eigenvalue weighted by Gasteiger charge is -2.10. The molecule has 2 aromatic rings. The average Bonchev–Trinajstić information content (AvgIpc) is 2.58. The lowest BCUT2D eigenvalue weighted by atomic mass is 10.2. The summed E-state index contributed by atoms with van der Waals surface area (Å²) < 4.78 is 48.1. The molecule has 0 saturated carbocycles. The molecule has 0 fully saturated rings. The Hall–Kier alpha value is -1.86. The number of ether oxygens (including phenoxy) is 2. The van der Waals surface area contributed by atoms with Crippen LogP contribution in [0.3, 0.4) is 0 Å². The average molecular weight is 424 g/mol. The molecule has 1 aromatic heterocycles.